The molecule has 33 heavy (non-hydrogen) atoms. The van der Waals surface area contributed by atoms with E-state index in [1.54, 1.807) is 13.2 Å². The van der Waals surface area contributed by atoms with E-state index >= 15 is 0 Å². The van der Waals surface area contributed by atoms with E-state index in [1.165, 1.54) is 0 Å². The zero-order chi connectivity index (χ0) is 22.8. The second kappa shape index (κ2) is 9.21. The number of hydrogen-bond acceptors (Lipinski definition) is 8. The second-order valence-corrected chi connectivity index (χ2v) is 9.02. The summed E-state index contributed by atoms with van der Waals surface area (Å²) in [5.74, 6) is 2.96. The highest BCUT2D eigenvalue weighted by molar-refractivity contribution is 5.76. The van der Waals surface area contributed by atoms with Crippen LogP contribution in [-0.4, -0.2) is 46.6 Å². The van der Waals surface area contributed by atoms with Crippen LogP contribution >= 0.6 is 0 Å². The molecule has 0 radical (unpaired) electrons. The summed E-state index contributed by atoms with van der Waals surface area (Å²) in [4.78, 5) is 25.1. The van der Waals surface area contributed by atoms with E-state index in [0.29, 0.717) is 6.42 Å². The summed E-state index contributed by atoms with van der Waals surface area (Å²) in [5, 5.41) is 4.05. The topological polar surface area (TPSA) is 84.6 Å². The molecule has 0 saturated carbocycles. The van der Waals surface area contributed by atoms with Gasteiger partial charge >= 0.3 is 0 Å². The maximum absolute atomic E-state index is 11.4. The molecule has 2 aromatic heterocycles. The average molecular weight is 448 g/mol. The van der Waals surface area contributed by atoms with Gasteiger partial charge in [0.05, 0.1) is 18.8 Å². The molecule has 172 valence electrons. The van der Waals surface area contributed by atoms with Crippen LogP contribution < -0.4 is 14.5 Å². The van der Waals surface area contributed by atoms with Gasteiger partial charge in [0.15, 0.2) is 0 Å². The van der Waals surface area contributed by atoms with E-state index < -0.39 is 0 Å². The molecule has 1 fully saturated rings. The summed E-state index contributed by atoms with van der Waals surface area (Å²) >= 11 is 0. The molecular formula is C25H29N5O3. The summed E-state index contributed by atoms with van der Waals surface area (Å²) in [6, 6.07) is 10.1. The number of carbonyl (C=O) groups excluding carboxylic acids is 1. The van der Waals surface area contributed by atoms with Crippen molar-refractivity contribution in [2.75, 3.05) is 29.4 Å². The Bertz CT molecular complexity index is 1110. The van der Waals surface area contributed by atoms with Crippen molar-refractivity contribution in [2.24, 2.45) is 0 Å². The van der Waals surface area contributed by atoms with Crippen molar-refractivity contribution in [3.05, 3.63) is 59.6 Å². The highest BCUT2D eigenvalue weighted by Crippen LogP contribution is 2.27. The fourth-order valence-corrected chi connectivity index (χ4v) is 4.63. The van der Waals surface area contributed by atoms with Gasteiger partial charge in [0, 0.05) is 44.1 Å². The number of ketones is 1. The van der Waals surface area contributed by atoms with Crippen LogP contribution in [0.3, 0.4) is 0 Å². The predicted molar refractivity (Wildman–Crippen MR) is 125 cm³/mol. The Morgan fingerprint density at radius 3 is 2.88 bits per heavy atom. The van der Waals surface area contributed by atoms with Gasteiger partial charge < -0.3 is 23.9 Å². The minimum Gasteiger partial charge on any atom is -0.489 e. The molecule has 2 aliphatic heterocycles. The van der Waals surface area contributed by atoms with Crippen LogP contribution in [-0.2, 0) is 17.8 Å². The SMILES string of the molecule is CC(=O)C[C@@H](C)c1ccc(O[C@@H]2CCN(c3ccnc(N4CCc5nocc5C4)n3)C2)cc1. The van der Waals surface area contributed by atoms with Crippen LogP contribution in [0.4, 0.5) is 11.8 Å². The zero-order valence-electron chi connectivity index (χ0n) is 19.1. The molecular weight excluding hydrogens is 418 g/mol. The number of hydrogen-bond donors (Lipinski definition) is 0. The third-order valence-electron chi connectivity index (χ3n) is 6.43. The number of rotatable bonds is 7. The first-order chi connectivity index (χ1) is 16.0. The van der Waals surface area contributed by atoms with Gasteiger partial charge in [0.25, 0.3) is 0 Å². The summed E-state index contributed by atoms with van der Waals surface area (Å²) in [6.07, 6.45) is 6.00. The molecule has 0 unspecified atom stereocenters. The summed E-state index contributed by atoms with van der Waals surface area (Å²) in [6.45, 7) is 6.95. The normalized spacial score (nSPS) is 18.8. The second-order valence-electron chi connectivity index (χ2n) is 9.02. The van der Waals surface area contributed by atoms with Gasteiger partial charge in [-0.25, -0.2) is 4.98 Å². The van der Waals surface area contributed by atoms with Crippen LogP contribution in [0.25, 0.3) is 0 Å². The number of nitrogens with zero attached hydrogens (tertiary/aromatic N) is 5. The monoisotopic (exact) mass is 447 g/mol. The fraction of sp³-hybridized carbons (Fsp3) is 0.440. The molecule has 0 bridgehead atoms. The fourth-order valence-electron chi connectivity index (χ4n) is 4.63. The van der Waals surface area contributed by atoms with Gasteiger partial charge in [0.1, 0.15) is 29.7 Å². The quantitative estimate of drug-likeness (QED) is 0.541. The van der Waals surface area contributed by atoms with Crippen molar-refractivity contribution in [1.82, 2.24) is 15.1 Å². The third-order valence-corrected chi connectivity index (χ3v) is 6.43. The largest absolute Gasteiger partial charge is 0.489 e. The Morgan fingerprint density at radius 2 is 2.06 bits per heavy atom. The number of aromatic nitrogens is 3. The molecule has 8 nitrogen and oxygen atoms in total. The number of Topliss-reactive ketones (excluding diaryl/α,β-unsaturated/α-hetero) is 1. The van der Waals surface area contributed by atoms with Crippen molar-refractivity contribution in [3.8, 4) is 5.75 Å². The van der Waals surface area contributed by atoms with Gasteiger partial charge in [-0.15, -0.1) is 0 Å². The Hall–Kier alpha value is -3.42. The zero-order valence-corrected chi connectivity index (χ0v) is 19.1. The molecule has 3 aromatic rings. The number of fused-ring (bicyclic) bond motifs is 1. The summed E-state index contributed by atoms with van der Waals surface area (Å²) in [5.41, 5.74) is 3.30. The van der Waals surface area contributed by atoms with Gasteiger partial charge in [-0.05, 0) is 36.6 Å². The maximum Gasteiger partial charge on any atom is 0.227 e. The number of carbonyl (C=O) groups is 1. The highest BCUT2D eigenvalue weighted by Gasteiger charge is 2.27. The highest BCUT2D eigenvalue weighted by atomic mass is 16.5. The van der Waals surface area contributed by atoms with E-state index in [1.807, 2.05) is 24.4 Å². The Balaban J connectivity index is 1.19. The van der Waals surface area contributed by atoms with E-state index in [2.05, 4.69) is 39.0 Å². The molecule has 0 aliphatic carbocycles. The smallest absolute Gasteiger partial charge is 0.227 e. The molecule has 5 rings (SSSR count). The lowest BCUT2D eigenvalue weighted by Crippen LogP contribution is -2.32. The van der Waals surface area contributed by atoms with Crippen LogP contribution in [0.1, 0.15) is 49.4 Å². The van der Waals surface area contributed by atoms with Crippen molar-refractivity contribution in [2.45, 2.75) is 51.7 Å². The van der Waals surface area contributed by atoms with Crippen molar-refractivity contribution >= 4 is 17.5 Å². The standard InChI is InChI=1S/C25H29N5O3/c1-17(13-18(2)31)19-3-5-21(6-4-19)33-22-8-11-29(15-22)24-7-10-26-25(27-24)30-12-9-23-20(14-30)16-32-28-23/h3-7,10,16-17,22H,8-9,11-15H2,1-2H3/t17-,22-/m1/s1. The van der Waals surface area contributed by atoms with Crippen LogP contribution in [0.15, 0.2) is 47.3 Å². The summed E-state index contributed by atoms with van der Waals surface area (Å²) < 4.78 is 11.3. The van der Waals surface area contributed by atoms with E-state index in [0.717, 1.165) is 73.4 Å². The van der Waals surface area contributed by atoms with Crippen molar-refractivity contribution in [1.29, 1.82) is 0 Å². The Morgan fingerprint density at radius 1 is 1.21 bits per heavy atom. The lowest BCUT2D eigenvalue weighted by atomic mass is 9.96. The van der Waals surface area contributed by atoms with Crippen LogP contribution in [0, 0.1) is 0 Å². The molecule has 0 N–H and O–H groups in total. The average Bonchev–Trinajstić information content (AvgIpc) is 3.48. The predicted octanol–water partition coefficient (Wildman–Crippen LogP) is 3.77. The minimum absolute atomic E-state index is 0.110. The van der Waals surface area contributed by atoms with E-state index in [4.69, 9.17) is 14.2 Å². The molecule has 1 saturated heterocycles. The lowest BCUT2D eigenvalue weighted by molar-refractivity contribution is -0.117. The molecule has 2 atom stereocenters. The molecule has 0 spiro atoms. The minimum atomic E-state index is 0.110. The van der Waals surface area contributed by atoms with Gasteiger partial charge in [-0.2, -0.15) is 4.98 Å². The lowest BCUT2D eigenvalue weighted by Gasteiger charge is -2.27. The number of ether oxygens (including phenoxy) is 1. The van der Waals surface area contributed by atoms with Gasteiger partial charge in [0.2, 0.25) is 5.95 Å². The Kier molecular flexibility index (Phi) is 5.98. The first-order valence-electron chi connectivity index (χ1n) is 11.6. The van der Waals surface area contributed by atoms with Crippen molar-refractivity contribution in [3.63, 3.8) is 0 Å². The van der Waals surface area contributed by atoms with Gasteiger partial charge in [-0.3, -0.25) is 0 Å². The Labute approximate surface area is 193 Å². The van der Waals surface area contributed by atoms with Crippen LogP contribution in [0.2, 0.25) is 0 Å². The molecule has 0 amide bonds. The van der Waals surface area contributed by atoms with Crippen molar-refractivity contribution < 1.29 is 14.1 Å². The third kappa shape index (κ3) is 4.84. The van der Waals surface area contributed by atoms with Gasteiger partial charge in [-0.1, -0.05) is 24.2 Å². The number of benzene rings is 1. The first-order valence-corrected chi connectivity index (χ1v) is 11.6. The summed E-state index contributed by atoms with van der Waals surface area (Å²) in [7, 11) is 0. The van der Waals surface area contributed by atoms with E-state index in [-0.39, 0.29) is 17.8 Å². The van der Waals surface area contributed by atoms with E-state index in [9.17, 15) is 4.79 Å². The van der Waals surface area contributed by atoms with Crippen LogP contribution in [0.5, 0.6) is 5.75 Å². The number of anilines is 2. The maximum atomic E-state index is 11.4. The first kappa shape index (κ1) is 21.4. The molecule has 1 aromatic carbocycles. The molecule has 2 aliphatic rings. The molecule has 4 heterocycles. The molecule has 8 heteroatoms.